The van der Waals surface area contributed by atoms with Gasteiger partial charge < -0.3 is 19.5 Å². The lowest BCUT2D eigenvalue weighted by molar-refractivity contribution is 0.413. The molecule has 0 atom stereocenters. The minimum absolute atomic E-state index is 0.663. The van der Waals surface area contributed by atoms with Crippen LogP contribution < -0.4 is 9.47 Å². The zero-order valence-corrected chi connectivity index (χ0v) is 17.7. The number of hydrogen-bond donors (Lipinski definition) is 2. The van der Waals surface area contributed by atoms with Crippen molar-refractivity contribution in [1.82, 2.24) is 0 Å². The lowest BCUT2D eigenvalue weighted by Crippen LogP contribution is -2.18. The van der Waals surface area contributed by atoms with Gasteiger partial charge in [0.05, 0.1) is 14.2 Å². The first kappa shape index (κ1) is 20.7. The molecule has 0 spiro atoms. The zero-order chi connectivity index (χ0) is 20.1. The Morgan fingerprint density at radius 3 is 1.86 bits per heavy atom. The van der Waals surface area contributed by atoms with E-state index in [1.165, 1.54) is 21.2 Å². The Labute approximate surface area is 174 Å². The first-order valence-corrected chi connectivity index (χ1v) is 10.1. The molecule has 0 bridgehead atoms. The molecule has 0 fully saturated rings. The summed E-state index contributed by atoms with van der Waals surface area (Å²) in [4.78, 5) is 0. The van der Waals surface area contributed by atoms with Gasteiger partial charge in [-0.1, -0.05) is 34.1 Å². The maximum Gasteiger partial charge on any atom is 0.484 e. The highest BCUT2D eigenvalue weighted by atomic mass is 79.9. The van der Waals surface area contributed by atoms with Crippen molar-refractivity contribution in [3.05, 3.63) is 68.6 Å². The molecule has 0 radical (unpaired) electrons. The van der Waals surface area contributed by atoms with E-state index < -0.39 is 7.12 Å². The number of rotatable bonds is 3. The second-order valence-corrected chi connectivity index (χ2v) is 7.83. The SMILES string of the molecule is COc1ccc2c(c1)C=C(B(O)O)CC2.COc1ccc2c(c1)C=C(Br)CC2. The highest BCUT2D eigenvalue weighted by Gasteiger charge is 2.19. The maximum absolute atomic E-state index is 9.09. The van der Waals surface area contributed by atoms with E-state index in [0.717, 1.165) is 36.3 Å². The maximum atomic E-state index is 9.09. The van der Waals surface area contributed by atoms with Crippen LogP contribution in [-0.4, -0.2) is 31.4 Å². The lowest BCUT2D eigenvalue weighted by atomic mass is 9.72. The van der Waals surface area contributed by atoms with Crippen LogP contribution in [0.4, 0.5) is 0 Å². The fourth-order valence-electron chi connectivity index (χ4n) is 3.37. The van der Waals surface area contributed by atoms with Crippen molar-refractivity contribution in [2.75, 3.05) is 14.2 Å². The Kier molecular flexibility index (Phi) is 7.00. The van der Waals surface area contributed by atoms with Gasteiger partial charge in [0.2, 0.25) is 0 Å². The summed E-state index contributed by atoms with van der Waals surface area (Å²) in [6.07, 6.45) is 7.78. The second kappa shape index (κ2) is 9.46. The summed E-state index contributed by atoms with van der Waals surface area (Å²) in [5, 5.41) is 18.2. The van der Waals surface area contributed by atoms with Gasteiger partial charge in [0.1, 0.15) is 11.5 Å². The Morgan fingerprint density at radius 2 is 1.32 bits per heavy atom. The molecule has 2 aliphatic rings. The number of hydrogen-bond acceptors (Lipinski definition) is 4. The molecular weight excluding hydrogens is 419 g/mol. The van der Waals surface area contributed by atoms with Gasteiger partial charge >= 0.3 is 7.12 Å². The summed E-state index contributed by atoms with van der Waals surface area (Å²) in [5.74, 6) is 1.72. The van der Waals surface area contributed by atoms with Crippen molar-refractivity contribution in [2.24, 2.45) is 0 Å². The average molecular weight is 443 g/mol. The predicted octanol–water partition coefficient (Wildman–Crippen LogP) is 4.41. The van der Waals surface area contributed by atoms with Crippen LogP contribution in [0.1, 0.15) is 35.1 Å². The number of ether oxygens (including phenoxy) is 2. The molecule has 2 aliphatic carbocycles. The first-order valence-electron chi connectivity index (χ1n) is 9.26. The fraction of sp³-hybridized carbons (Fsp3) is 0.273. The quantitative estimate of drug-likeness (QED) is 0.691. The molecule has 0 heterocycles. The molecule has 146 valence electrons. The van der Waals surface area contributed by atoms with Gasteiger partial charge in [-0.3, -0.25) is 0 Å². The summed E-state index contributed by atoms with van der Waals surface area (Å²) in [6.45, 7) is 0. The van der Waals surface area contributed by atoms with E-state index in [1.807, 2.05) is 30.3 Å². The van der Waals surface area contributed by atoms with Gasteiger partial charge in [0.15, 0.2) is 0 Å². The topological polar surface area (TPSA) is 58.9 Å². The number of benzene rings is 2. The average Bonchev–Trinajstić information content (AvgIpc) is 2.72. The van der Waals surface area contributed by atoms with Crippen LogP contribution in [0.25, 0.3) is 12.2 Å². The van der Waals surface area contributed by atoms with Gasteiger partial charge in [-0.2, -0.15) is 0 Å². The molecule has 0 saturated carbocycles. The third-order valence-corrected chi connectivity index (χ3v) is 5.63. The lowest BCUT2D eigenvalue weighted by Gasteiger charge is -2.16. The van der Waals surface area contributed by atoms with Crippen LogP contribution in [0.5, 0.6) is 11.5 Å². The molecule has 0 aromatic heterocycles. The number of allylic oxidation sites excluding steroid dienone is 2. The third kappa shape index (κ3) is 5.07. The van der Waals surface area contributed by atoms with Crippen molar-refractivity contribution in [3.63, 3.8) is 0 Å². The van der Waals surface area contributed by atoms with Crippen LogP contribution in [-0.2, 0) is 12.8 Å². The summed E-state index contributed by atoms with van der Waals surface area (Å²) in [7, 11) is 1.98. The van der Waals surface area contributed by atoms with Crippen LogP contribution in [0.2, 0.25) is 0 Å². The fourth-order valence-corrected chi connectivity index (χ4v) is 3.82. The molecule has 2 aromatic rings. The number of methoxy groups -OCH3 is 2. The highest BCUT2D eigenvalue weighted by molar-refractivity contribution is 9.11. The van der Waals surface area contributed by atoms with Gasteiger partial charge in [0.25, 0.3) is 0 Å². The molecular formula is C22H24BBrO4. The van der Waals surface area contributed by atoms with E-state index in [0.29, 0.717) is 11.9 Å². The number of fused-ring (bicyclic) bond motifs is 2. The van der Waals surface area contributed by atoms with Crippen LogP contribution in [0.15, 0.2) is 46.4 Å². The van der Waals surface area contributed by atoms with E-state index >= 15 is 0 Å². The van der Waals surface area contributed by atoms with E-state index in [-0.39, 0.29) is 0 Å². The normalized spacial score (nSPS) is 14.5. The molecule has 28 heavy (non-hydrogen) atoms. The monoisotopic (exact) mass is 442 g/mol. The molecule has 2 N–H and O–H groups in total. The van der Waals surface area contributed by atoms with Gasteiger partial charge in [-0.25, -0.2) is 0 Å². The van der Waals surface area contributed by atoms with Crippen molar-refractivity contribution in [3.8, 4) is 11.5 Å². The van der Waals surface area contributed by atoms with Gasteiger partial charge in [-0.15, -0.1) is 0 Å². The summed E-state index contributed by atoms with van der Waals surface area (Å²) < 4.78 is 11.6. The van der Waals surface area contributed by atoms with Crippen molar-refractivity contribution in [2.45, 2.75) is 25.7 Å². The van der Waals surface area contributed by atoms with E-state index in [2.05, 4.69) is 34.1 Å². The molecule has 0 unspecified atom stereocenters. The van der Waals surface area contributed by atoms with Crippen molar-refractivity contribution in [1.29, 1.82) is 0 Å². The minimum Gasteiger partial charge on any atom is -0.497 e. The molecule has 0 amide bonds. The molecule has 2 aromatic carbocycles. The van der Waals surface area contributed by atoms with E-state index in [9.17, 15) is 0 Å². The summed E-state index contributed by atoms with van der Waals surface area (Å²) in [5.41, 5.74) is 5.58. The number of aryl methyl sites for hydroxylation is 2. The molecule has 4 rings (SSSR count). The highest BCUT2D eigenvalue weighted by Crippen LogP contribution is 2.30. The smallest absolute Gasteiger partial charge is 0.484 e. The van der Waals surface area contributed by atoms with Gasteiger partial charge in [-0.05, 0) is 88.2 Å². The number of halogens is 1. The Hall–Kier alpha value is -2.02. The largest absolute Gasteiger partial charge is 0.497 e. The first-order chi connectivity index (χ1) is 13.5. The second-order valence-electron chi connectivity index (χ2n) is 6.81. The van der Waals surface area contributed by atoms with E-state index in [4.69, 9.17) is 19.5 Å². The van der Waals surface area contributed by atoms with Crippen LogP contribution in [0.3, 0.4) is 0 Å². The van der Waals surface area contributed by atoms with Gasteiger partial charge in [0, 0.05) is 0 Å². The van der Waals surface area contributed by atoms with Crippen molar-refractivity contribution >= 4 is 35.2 Å². The zero-order valence-electron chi connectivity index (χ0n) is 16.1. The van der Waals surface area contributed by atoms with Crippen LogP contribution in [0, 0.1) is 0 Å². The summed E-state index contributed by atoms with van der Waals surface area (Å²) in [6, 6.07) is 12.1. The predicted molar refractivity (Wildman–Crippen MR) is 118 cm³/mol. The molecule has 6 heteroatoms. The Balaban J connectivity index is 0.000000162. The molecule has 0 aliphatic heterocycles. The molecule has 0 saturated heterocycles. The van der Waals surface area contributed by atoms with Crippen LogP contribution >= 0.6 is 15.9 Å². The Morgan fingerprint density at radius 1 is 0.786 bits per heavy atom. The minimum atomic E-state index is -1.34. The third-order valence-electron chi connectivity index (χ3n) is 5.01. The Bertz CT molecular complexity index is 905. The van der Waals surface area contributed by atoms with E-state index in [1.54, 1.807) is 14.2 Å². The standard InChI is InChI=1S/C11H13BO3.C11H11BrO/c1-15-11-5-3-8-2-4-10(12(13)14)6-9(8)7-11;1-13-11-5-3-8-2-4-10(12)6-9(8)7-11/h3,5-7,13-14H,2,4H2,1H3;3,5-7H,2,4H2,1H3. The summed E-state index contributed by atoms with van der Waals surface area (Å²) >= 11 is 3.52. The van der Waals surface area contributed by atoms with Crippen molar-refractivity contribution < 1.29 is 19.5 Å². The molecule has 4 nitrogen and oxygen atoms in total.